The molecule has 0 saturated carbocycles. The smallest absolute Gasteiger partial charge is 0.0467 e. The van der Waals surface area contributed by atoms with Crippen LogP contribution in [0.5, 0.6) is 0 Å². The number of rotatable bonds is 3. The van der Waals surface area contributed by atoms with Gasteiger partial charge in [0, 0.05) is 5.02 Å². The molecule has 0 amide bonds. The molecule has 0 bridgehead atoms. The van der Waals surface area contributed by atoms with E-state index >= 15 is 0 Å². The van der Waals surface area contributed by atoms with Crippen molar-refractivity contribution in [2.45, 2.75) is 20.3 Å². The Morgan fingerprint density at radius 3 is 2.62 bits per heavy atom. The predicted molar refractivity (Wildman–Crippen MR) is 58.6 cm³/mol. The van der Waals surface area contributed by atoms with Crippen molar-refractivity contribution >= 4 is 11.6 Å². The highest BCUT2D eigenvalue weighted by atomic mass is 35.5. The van der Waals surface area contributed by atoms with Gasteiger partial charge in [-0.2, -0.15) is 0 Å². The Morgan fingerprint density at radius 2 is 2.00 bits per heavy atom. The lowest BCUT2D eigenvalue weighted by Gasteiger charge is -2.08. The number of nitrogens with one attached hydrogen (secondary N) is 1. The molecule has 1 aromatic rings. The summed E-state index contributed by atoms with van der Waals surface area (Å²) in [5.41, 5.74) is 3.70. The van der Waals surface area contributed by atoms with E-state index in [0.717, 1.165) is 18.0 Å². The normalized spacial score (nSPS) is 10.5. The zero-order valence-electron chi connectivity index (χ0n) is 8.45. The number of hydrogen-bond donors (Lipinski definition) is 1. The quantitative estimate of drug-likeness (QED) is 0.786. The second-order valence-electron chi connectivity index (χ2n) is 3.41. The Kier molecular flexibility index (Phi) is 3.76. The van der Waals surface area contributed by atoms with E-state index < -0.39 is 0 Å². The number of aryl methyl sites for hydroxylation is 2. The Labute approximate surface area is 85.1 Å². The Bertz CT molecular complexity index is 294. The average Bonchev–Trinajstić information content (AvgIpc) is 2.09. The fourth-order valence-corrected chi connectivity index (χ4v) is 1.68. The molecule has 0 aliphatic heterocycles. The van der Waals surface area contributed by atoms with Gasteiger partial charge in [0.1, 0.15) is 0 Å². The molecule has 0 aliphatic rings. The van der Waals surface area contributed by atoms with Crippen LogP contribution in [-0.2, 0) is 6.42 Å². The maximum Gasteiger partial charge on any atom is 0.0467 e. The molecule has 0 atom stereocenters. The minimum atomic E-state index is 0.917. The summed E-state index contributed by atoms with van der Waals surface area (Å²) in [5.74, 6) is 0. The van der Waals surface area contributed by atoms with Crippen molar-refractivity contribution in [3.63, 3.8) is 0 Å². The summed E-state index contributed by atoms with van der Waals surface area (Å²) < 4.78 is 0. The zero-order valence-corrected chi connectivity index (χ0v) is 9.20. The van der Waals surface area contributed by atoms with E-state index in [0.29, 0.717) is 0 Å². The molecule has 0 unspecified atom stereocenters. The van der Waals surface area contributed by atoms with Gasteiger partial charge in [0.25, 0.3) is 0 Å². The van der Waals surface area contributed by atoms with Gasteiger partial charge in [0.2, 0.25) is 0 Å². The molecule has 0 saturated heterocycles. The minimum Gasteiger partial charge on any atom is -0.319 e. The summed E-state index contributed by atoms with van der Waals surface area (Å²) in [6.07, 6.45) is 0.998. The van der Waals surface area contributed by atoms with Crippen molar-refractivity contribution in [2.75, 3.05) is 13.6 Å². The summed E-state index contributed by atoms with van der Waals surface area (Å²) >= 11 is 6.17. The second kappa shape index (κ2) is 4.64. The van der Waals surface area contributed by atoms with Crippen LogP contribution < -0.4 is 5.32 Å². The molecular weight excluding hydrogens is 182 g/mol. The molecule has 1 nitrogen and oxygen atoms in total. The van der Waals surface area contributed by atoms with E-state index in [2.05, 4.69) is 31.3 Å². The van der Waals surface area contributed by atoms with Crippen molar-refractivity contribution in [1.82, 2.24) is 5.32 Å². The molecule has 0 heterocycles. The maximum atomic E-state index is 6.17. The molecule has 0 spiro atoms. The molecule has 1 aromatic carbocycles. The van der Waals surface area contributed by atoms with Crippen LogP contribution in [0.3, 0.4) is 0 Å². The van der Waals surface area contributed by atoms with Crippen LogP contribution in [0.25, 0.3) is 0 Å². The van der Waals surface area contributed by atoms with Gasteiger partial charge in [-0.05, 0) is 45.0 Å². The Hall–Kier alpha value is -0.530. The van der Waals surface area contributed by atoms with E-state index in [9.17, 15) is 0 Å². The van der Waals surface area contributed by atoms with Gasteiger partial charge >= 0.3 is 0 Å². The lowest BCUT2D eigenvalue weighted by Crippen LogP contribution is -2.10. The molecule has 0 aromatic heterocycles. The van der Waals surface area contributed by atoms with Gasteiger partial charge in [-0.3, -0.25) is 0 Å². The summed E-state index contributed by atoms with van der Waals surface area (Å²) in [4.78, 5) is 0. The standard InChI is InChI=1S/C11H16ClN/c1-8-6-9(2)11(12)10(7-8)4-5-13-3/h6-7,13H,4-5H2,1-3H3. The van der Waals surface area contributed by atoms with E-state index in [1.165, 1.54) is 16.7 Å². The van der Waals surface area contributed by atoms with Gasteiger partial charge in [0.05, 0.1) is 0 Å². The number of hydrogen-bond acceptors (Lipinski definition) is 1. The summed E-state index contributed by atoms with van der Waals surface area (Å²) in [6.45, 7) is 5.13. The van der Waals surface area contributed by atoms with Crippen LogP contribution in [-0.4, -0.2) is 13.6 Å². The molecule has 0 fully saturated rings. The average molecular weight is 198 g/mol. The Morgan fingerprint density at radius 1 is 1.31 bits per heavy atom. The largest absolute Gasteiger partial charge is 0.319 e. The fraction of sp³-hybridized carbons (Fsp3) is 0.455. The topological polar surface area (TPSA) is 12.0 Å². The molecule has 0 aliphatic carbocycles. The van der Waals surface area contributed by atoms with E-state index in [-0.39, 0.29) is 0 Å². The molecular formula is C11H16ClN. The lowest BCUT2D eigenvalue weighted by atomic mass is 10.0. The van der Waals surface area contributed by atoms with Crippen molar-refractivity contribution < 1.29 is 0 Å². The van der Waals surface area contributed by atoms with Crippen LogP contribution >= 0.6 is 11.6 Å². The van der Waals surface area contributed by atoms with Gasteiger partial charge < -0.3 is 5.32 Å². The van der Waals surface area contributed by atoms with Crippen molar-refractivity contribution in [3.8, 4) is 0 Å². The van der Waals surface area contributed by atoms with Gasteiger partial charge in [-0.1, -0.05) is 29.3 Å². The molecule has 1 N–H and O–H groups in total. The van der Waals surface area contributed by atoms with Crippen LogP contribution in [0.4, 0.5) is 0 Å². The minimum absolute atomic E-state index is 0.917. The maximum absolute atomic E-state index is 6.17. The molecule has 2 heteroatoms. The first-order valence-electron chi connectivity index (χ1n) is 4.55. The highest BCUT2D eigenvalue weighted by molar-refractivity contribution is 6.32. The van der Waals surface area contributed by atoms with Gasteiger partial charge in [-0.25, -0.2) is 0 Å². The third-order valence-corrected chi connectivity index (χ3v) is 2.66. The van der Waals surface area contributed by atoms with E-state index in [4.69, 9.17) is 11.6 Å². The lowest BCUT2D eigenvalue weighted by molar-refractivity contribution is 0.791. The number of likely N-dealkylation sites (N-methyl/N-ethyl adjacent to an activating group) is 1. The van der Waals surface area contributed by atoms with Crippen LogP contribution in [0, 0.1) is 13.8 Å². The van der Waals surface area contributed by atoms with Crippen LogP contribution in [0.1, 0.15) is 16.7 Å². The summed E-state index contributed by atoms with van der Waals surface area (Å²) in [7, 11) is 1.95. The van der Waals surface area contributed by atoms with Crippen LogP contribution in [0.2, 0.25) is 5.02 Å². The zero-order chi connectivity index (χ0) is 9.84. The third-order valence-electron chi connectivity index (χ3n) is 2.12. The summed E-state index contributed by atoms with van der Waals surface area (Å²) in [5, 5.41) is 4.04. The number of benzene rings is 1. The van der Waals surface area contributed by atoms with E-state index in [1.807, 2.05) is 7.05 Å². The summed E-state index contributed by atoms with van der Waals surface area (Å²) in [6, 6.07) is 4.28. The van der Waals surface area contributed by atoms with Gasteiger partial charge in [-0.15, -0.1) is 0 Å². The SMILES string of the molecule is CNCCc1cc(C)cc(C)c1Cl. The van der Waals surface area contributed by atoms with Crippen molar-refractivity contribution in [1.29, 1.82) is 0 Å². The molecule has 13 heavy (non-hydrogen) atoms. The predicted octanol–water partition coefficient (Wildman–Crippen LogP) is 2.72. The molecule has 0 radical (unpaired) electrons. The number of halogens is 1. The first kappa shape index (κ1) is 10.6. The first-order chi connectivity index (χ1) is 6.15. The monoisotopic (exact) mass is 197 g/mol. The highest BCUT2D eigenvalue weighted by Gasteiger charge is 2.03. The van der Waals surface area contributed by atoms with E-state index in [1.54, 1.807) is 0 Å². The highest BCUT2D eigenvalue weighted by Crippen LogP contribution is 2.22. The first-order valence-corrected chi connectivity index (χ1v) is 4.93. The van der Waals surface area contributed by atoms with Crippen LogP contribution in [0.15, 0.2) is 12.1 Å². The third kappa shape index (κ3) is 2.71. The van der Waals surface area contributed by atoms with Gasteiger partial charge in [0.15, 0.2) is 0 Å². The fourth-order valence-electron chi connectivity index (χ4n) is 1.48. The molecule has 72 valence electrons. The molecule has 1 rings (SSSR count). The van der Waals surface area contributed by atoms with Crippen molar-refractivity contribution in [2.24, 2.45) is 0 Å². The second-order valence-corrected chi connectivity index (χ2v) is 3.79. The van der Waals surface area contributed by atoms with Crippen molar-refractivity contribution in [3.05, 3.63) is 33.8 Å². The Balaban J connectivity index is 2.92.